The second-order valence-corrected chi connectivity index (χ2v) is 5.42. The van der Waals surface area contributed by atoms with Gasteiger partial charge in [0.2, 0.25) is 10.0 Å². The molecule has 0 radical (unpaired) electrons. The third-order valence-corrected chi connectivity index (χ3v) is 3.37. The molecule has 0 fully saturated rings. The molecule has 4 nitrogen and oxygen atoms in total. The summed E-state index contributed by atoms with van der Waals surface area (Å²) in [6, 6.07) is 0. The Morgan fingerprint density at radius 1 is 1.31 bits per heavy atom. The van der Waals surface area contributed by atoms with Gasteiger partial charge >= 0.3 is 0 Å². The number of rotatable bonds is 7. The van der Waals surface area contributed by atoms with E-state index in [1.165, 1.54) is 0 Å². The van der Waals surface area contributed by atoms with E-state index in [1.54, 1.807) is 13.8 Å². The first-order valence-corrected chi connectivity index (χ1v) is 6.11. The maximum atomic E-state index is 11.2. The largest absolute Gasteiger partial charge is 0.380 e. The first kappa shape index (κ1) is 12.9. The van der Waals surface area contributed by atoms with Gasteiger partial charge < -0.3 is 4.74 Å². The molecule has 0 amide bonds. The molecule has 0 aromatic rings. The number of sulfonamides is 1. The fraction of sp³-hybridized carbons (Fsp3) is 1.00. The van der Waals surface area contributed by atoms with Crippen LogP contribution in [0.15, 0.2) is 0 Å². The van der Waals surface area contributed by atoms with Crippen molar-refractivity contribution in [3.05, 3.63) is 0 Å². The van der Waals surface area contributed by atoms with Crippen molar-refractivity contribution in [3.63, 3.8) is 0 Å². The molecule has 0 heterocycles. The Hall–Kier alpha value is -0.130. The summed E-state index contributed by atoms with van der Waals surface area (Å²) in [6.45, 7) is 6.80. The summed E-state index contributed by atoms with van der Waals surface area (Å²) in [5, 5.41) is -0.376. The molecule has 0 rings (SSSR count). The smallest absolute Gasteiger partial charge is 0.214 e. The molecule has 1 N–H and O–H groups in total. The Kier molecular flexibility index (Phi) is 6.28. The molecule has 0 aromatic carbocycles. The topological polar surface area (TPSA) is 55.4 Å². The number of hydrogen-bond donors (Lipinski definition) is 1. The van der Waals surface area contributed by atoms with Gasteiger partial charge in [0, 0.05) is 13.2 Å². The quantitative estimate of drug-likeness (QED) is 0.629. The van der Waals surface area contributed by atoms with Crippen molar-refractivity contribution in [1.29, 1.82) is 0 Å². The summed E-state index contributed by atoms with van der Waals surface area (Å²) in [5.41, 5.74) is 0. The monoisotopic (exact) mass is 209 g/mol. The first-order valence-electron chi connectivity index (χ1n) is 4.57. The van der Waals surface area contributed by atoms with Gasteiger partial charge in [-0.05, 0) is 20.3 Å². The van der Waals surface area contributed by atoms with Crippen LogP contribution in [0.2, 0.25) is 0 Å². The van der Waals surface area contributed by atoms with Gasteiger partial charge in [-0.25, -0.2) is 13.1 Å². The SMILES string of the molecule is CCCOCCNS(=O)(=O)C(C)C. The van der Waals surface area contributed by atoms with E-state index >= 15 is 0 Å². The lowest BCUT2D eigenvalue weighted by Crippen LogP contribution is -2.33. The van der Waals surface area contributed by atoms with Gasteiger partial charge in [-0.1, -0.05) is 6.92 Å². The van der Waals surface area contributed by atoms with Gasteiger partial charge in [-0.15, -0.1) is 0 Å². The molecule has 0 aliphatic heterocycles. The molecule has 13 heavy (non-hydrogen) atoms. The van der Waals surface area contributed by atoms with Gasteiger partial charge in [0.05, 0.1) is 11.9 Å². The van der Waals surface area contributed by atoms with Gasteiger partial charge in [0.1, 0.15) is 0 Å². The van der Waals surface area contributed by atoms with Crippen LogP contribution in [0.4, 0.5) is 0 Å². The molecule has 0 bridgehead atoms. The van der Waals surface area contributed by atoms with E-state index in [4.69, 9.17) is 4.74 Å². The van der Waals surface area contributed by atoms with Crippen molar-refractivity contribution in [2.75, 3.05) is 19.8 Å². The van der Waals surface area contributed by atoms with E-state index < -0.39 is 10.0 Å². The molecule has 0 saturated heterocycles. The molecule has 80 valence electrons. The molecule has 0 unspecified atom stereocenters. The van der Waals surface area contributed by atoms with E-state index in [2.05, 4.69) is 4.72 Å². The normalized spacial score (nSPS) is 12.3. The van der Waals surface area contributed by atoms with Crippen LogP contribution in [0, 0.1) is 0 Å². The Labute approximate surface area is 80.7 Å². The predicted octanol–water partition coefficient (Wildman–Crippen LogP) is 0.741. The molecule has 0 atom stereocenters. The lowest BCUT2D eigenvalue weighted by molar-refractivity contribution is 0.140. The standard InChI is InChI=1S/C8H19NO3S/c1-4-6-12-7-5-9-13(10,11)8(2)3/h8-9H,4-7H2,1-3H3. The molecular weight excluding hydrogens is 190 g/mol. The number of hydrogen-bond acceptors (Lipinski definition) is 3. The van der Waals surface area contributed by atoms with Gasteiger partial charge in [0.15, 0.2) is 0 Å². The molecule has 0 aliphatic carbocycles. The number of nitrogens with one attached hydrogen (secondary N) is 1. The maximum absolute atomic E-state index is 11.2. The van der Waals surface area contributed by atoms with Gasteiger partial charge in [-0.2, -0.15) is 0 Å². The summed E-state index contributed by atoms with van der Waals surface area (Å²) in [6.07, 6.45) is 0.955. The summed E-state index contributed by atoms with van der Waals surface area (Å²) < 4.78 is 30.0. The minimum atomic E-state index is -3.12. The van der Waals surface area contributed by atoms with E-state index in [1.807, 2.05) is 6.92 Å². The molecule has 0 spiro atoms. The molecule has 0 aliphatic rings. The average Bonchev–Trinajstić information content (AvgIpc) is 2.03. The van der Waals surface area contributed by atoms with Crippen LogP contribution in [0.25, 0.3) is 0 Å². The predicted molar refractivity (Wildman–Crippen MR) is 53.2 cm³/mol. The Morgan fingerprint density at radius 2 is 1.92 bits per heavy atom. The molecule has 0 aromatic heterocycles. The van der Waals surface area contributed by atoms with Crippen molar-refractivity contribution in [2.24, 2.45) is 0 Å². The summed E-state index contributed by atoms with van der Waals surface area (Å²) >= 11 is 0. The van der Waals surface area contributed by atoms with Crippen molar-refractivity contribution >= 4 is 10.0 Å². The second-order valence-electron chi connectivity index (χ2n) is 3.10. The van der Waals surface area contributed by atoms with E-state index in [0.717, 1.165) is 6.42 Å². The Morgan fingerprint density at radius 3 is 2.38 bits per heavy atom. The van der Waals surface area contributed by atoms with Crippen LogP contribution < -0.4 is 4.72 Å². The van der Waals surface area contributed by atoms with Crippen LogP contribution >= 0.6 is 0 Å². The third-order valence-electron chi connectivity index (χ3n) is 1.52. The minimum Gasteiger partial charge on any atom is -0.380 e. The van der Waals surface area contributed by atoms with E-state index in [9.17, 15) is 8.42 Å². The fourth-order valence-corrected chi connectivity index (χ4v) is 1.37. The van der Waals surface area contributed by atoms with Crippen LogP contribution in [0.3, 0.4) is 0 Å². The number of ether oxygens (including phenoxy) is 1. The molecule has 0 saturated carbocycles. The van der Waals surface area contributed by atoms with Crippen LogP contribution in [0.1, 0.15) is 27.2 Å². The zero-order valence-electron chi connectivity index (χ0n) is 8.54. The Balaban J connectivity index is 3.53. The Bertz CT molecular complexity index is 211. The van der Waals surface area contributed by atoms with E-state index in [-0.39, 0.29) is 5.25 Å². The van der Waals surface area contributed by atoms with Gasteiger partial charge in [-0.3, -0.25) is 0 Å². The third kappa shape index (κ3) is 6.01. The maximum Gasteiger partial charge on any atom is 0.214 e. The van der Waals surface area contributed by atoms with Crippen molar-refractivity contribution in [2.45, 2.75) is 32.4 Å². The highest BCUT2D eigenvalue weighted by molar-refractivity contribution is 7.90. The zero-order valence-corrected chi connectivity index (χ0v) is 9.36. The highest BCUT2D eigenvalue weighted by Gasteiger charge is 2.13. The zero-order chi connectivity index (χ0) is 10.3. The van der Waals surface area contributed by atoms with Crippen molar-refractivity contribution < 1.29 is 13.2 Å². The van der Waals surface area contributed by atoms with Gasteiger partial charge in [0.25, 0.3) is 0 Å². The second kappa shape index (κ2) is 6.34. The summed E-state index contributed by atoms with van der Waals surface area (Å²) in [5.74, 6) is 0. The van der Waals surface area contributed by atoms with Crippen LogP contribution in [-0.2, 0) is 14.8 Å². The molecule has 5 heteroatoms. The molecular formula is C8H19NO3S. The highest BCUT2D eigenvalue weighted by atomic mass is 32.2. The first-order chi connectivity index (χ1) is 6.00. The summed E-state index contributed by atoms with van der Waals surface area (Å²) in [7, 11) is -3.12. The van der Waals surface area contributed by atoms with Crippen LogP contribution in [0.5, 0.6) is 0 Å². The minimum absolute atomic E-state index is 0.362. The lowest BCUT2D eigenvalue weighted by Gasteiger charge is -2.09. The van der Waals surface area contributed by atoms with Crippen molar-refractivity contribution in [3.8, 4) is 0 Å². The summed E-state index contributed by atoms with van der Waals surface area (Å²) in [4.78, 5) is 0. The highest BCUT2D eigenvalue weighted by Crippen LogP contribution is 1.94. The fourth-order valence-electron chi connectivity index (χ4n) is 0.669. The van der Waals surface area contributed by atoms with Crippen LogP contribution in [-0.4, -0.2) is 33.4 Å². The van der Waals surface area contributed by atoms with Crippen molar-refractivity contribution in [1.82, 2.24) is 4.72 Å². The van der Waals surface area contributed by atoms with E-state index in [0.29, 0.717) is 19.8 Å². The average molecular weight is 209 g/mol. The lowest BCUT2D eigenvalue weighted by atomic mass is 10.5.